The minimum atomic E-state index is -3.47. The Labute approximate surface area is 129 Å². The molecule has 2 rings (SSSR count). The van der Waals surface area contributed by atoms with Gasteiger partial charge in [0.15, 0.2) is 0 Å². The van der Waals surface area contributed by atoms with Crippen molar-refractivity contribution in [2.24, 2.45) is 0 Å². The molecule has 1 aliphatic rings. The van der Waals surface area contributed by atoms with E-state index in [9.17, 15) is 22.7 Å². The van der Waals surface area contributed by atoms with Gasteiger partial charge < -0.3 is 5.11 Å². The van der Waals surface area contributed by atoms with E-state index in [0.29, 0.717) is 13.0 Å². The lowest BCUT2D eigenvalue weighted by molar-refractivity contribution is -0.143. The largest absolute Gasteiger partial charge is 0.480 e. The highest BCUT2D eigenvalue weighted by molar-refractivity contribution is 7.90. The molecule has 0 spiro atoms. The third-order valence-electron chi connectivity index (χ3n) is 3.76. The van der Waals surface area contributed by atoms with Gasteiger partial charge in [-0.2, -0.15) is 0 Å². The first-order valence-electron chi connectivity index (χ1n) is 7.06. The van der Waals surface area contributed by atoms with Gasteiger partial charge in [0.1, 0.15) is 11.9 Å². The van der Waals surface area contributed by atoms with Crippen molar-refractivity contribution in [3.8, 4) is 0 Å². The van der Waals surface area contributed by atoms with Gasteiger partial charge in [-0.15, -0.1) is 0 Å². The van der Waals surface area contributed by atoms with Gasteiger partial charge in [0.05, 0.1) is 5.25 Å². The molecule has 22 heavy (non-hydrogen) atoms. The maximum Gasteiger partial charge on any atom is 0.325 e. The fourth-order valence-electron chi connectivity index (χ4n) is 2.74. The summed E-state index contributed by atoms with van der Waals surface area (Å²) in [5.41, 5.74) is 0.0523. The van der Waals surface area contributed by atoms with Crippen LogP contribution in [0.3, 0.4) is 0 Å². The Bertz CT molecular complexity index is 650. The minimum absolute atomic E-state index is 0.0523. The van der Waals surface area contributed by atoms with E-state index < -0.39 is 33.1 Å². The van der Waals surface area contributed by atoms with Crippen molar-refractivity contribution in [3.05, 3.63) is 35.6 Å². The minimum Gasteiger partial charge on any atom is -0.480 e. The number of hydrogen-bond donors (Lipinski definition) is 2. The van der Waals surface area contributed by atoms with Crippen LogP contribution in [0.4, 0.5) is 4.39 Å². The monoisotopic (exact) mass is 330 g/mol. The summed E-state index contributed by atoms with van der Waals surface area (Å²) in [6.07, 6.45) is 0.327. The molecule has 6 nitrogen and oxygen atoms in total. The Balaban J connectivity index is 2.23. The van der Waals surface area contributed by atoms with E-state index >= 15 is 0 Å². The molecule has 2 atom stereocenters. The highest BCUT2D eigenvalue weighted by Gasteiger charge is 2.39. The van der Waals surface area contributed by atoms with Crippen molar-refractivity contribution in [3.63, 3.8) is 0 Å². The van der Waals surface area contributed by atoms with Gasteiger partial charge in [0.2, 0.25) is 10.0 Å². The standard InChI is InChI=1S/C14H19FN2O4S/c1-2-16-22(20,21)10-7-8-17(9-10)13(14(18)19)11-5-3-4-6-12(11)15/h3-6,10,13,16H,2,7-9H2,1H3,(H,18,19). The quantitative estimate of drug-likeness (QED) is 0.811. The number of halogens is 1. The van der Waals surface area contributed by atoms with E-state index in [1.54, 1.807) is 13.0 Å². The number of likely N-dealkylation sites (tertiary alicyclic amines) is 1. The average molecular weight is 330 g/mol. The zero-order valence-electron chi connectivity index (χ0n) is 12.2. The molecule has 2 unspecified atom stereocenters. The van der Waals surface area contributed by atoms with Crippen LogP contribution < -0.4 is 4.72 Å². The average Bonchev–Trinajstić information content (AvgIpc) is 2.91. The summed E-state index contributed by atoms with van der Waals surface area (Å²) >= 11 is 0. The Morgan fingerprint density at radius 3 is 2.77 bits per heavy atom. The van der Waals surface area contributed by atoms with Gasteiger partial charge in [-0.1, -0.05) is 25.1 Å². The van der Waals surface area contributed by atoms with Gasteiger partial charge in [-0.05, 0) is 12.5 Å². The molecule has 1 aromatic carbocycles. The van der Waals surface area contributed by atoms with Crippen LogP contribution in [0.2, 0.25) is 0 Å². The van der Waals surface area contributed by atoms with E-state index in [4.69, 9.17) is 0 Å². The highest BCUT2D eigenvalue weighted by Crippen LogP contribution is 2.29. The molecule has 122 valence electrons. The number of carboxylic acid groups (broad SMARTS) is 1. The van der Waals surface area contributed by atoms with Crippen molar-refractivity contribution in [2.45, 2.75) is 24.6 Å². The highest BCUT2D eigenvalue weighted by atomic mass is 32.2. The second-order valence-corrected chi connectivity index (χ2v) is 7.26. The molecule has 0 radical (unpaired) electrons. The maximum absolute atomic E-state index is 13.9. The Morgan fingerprint density at radius 1 is 1.50 bits per heavy atom. The van der Waals surface area contributed by atoms with Crippen molar-refractivity contribution in [1.29, 1.82) is 0 Å². The molecule has 1 fully saturated rings. The number of carbonyl (C=O) groups is 1. The van der Waals surface area contributed by atoms with Crippen molar-refractivity contribution in [1.82, 2.24) is 9.62 Å². The summed E-state index contributed by atoms with van der Waals surface area (Å²) in [7, 11) is -3.47. The molecular weight excluding hydrogens is 311 g/mol. The van der Waals surface area contributed by atoms with E-state index in [-0.39, 0.29) is 18.7 Å². The molecule has 1 heterocycles. The smallest absolute Gasteiger partial charge is 0.325 e. The van der Waals surface area contributed by atoms with Crippen molar-refractivity contribution >= 4 is 16.0 Å². The fourth-order valence-corrected chi connectivity index (χ4v) is 4.19. The molecule has 0 saturated carbocycles. The number of benzene rings is 1. The third-order valence-corrected chi connectivity index (χ3v) is 5.71. The van der Waals surface area contributed by atoms with Crippen molar-refractivity contribution < 1.29 is 22.7 Å². The first-order chi connectivity index (χ1) is 10.4. The lowest BCUT2D eigenvalue weighted by atomic mass is 10.1. The Hall–Kier alpha value is -1.51. The molecule has 1 saturated heterocycles. The molecule has 2 N–H and O–H groups in total. The normalized spacial score (nSPS) is 20.9. The molecule has 1 aliphatic heterocycles. The summed E-state index contributed by atoms with van der Waals surface area (Å²) in [5, 5.41) is 8.75. The van der Waals surface area contributed by atoms with E-state index in [2.05, 4.69) is 4.72 Å². The SMILES string of the molecule is CCNS(=O)(=O)C1CCN(C(C(=O)O)c2ccccc2F)C1. The summed E-state index contributed by atoms with van der Waals surface area (Å²) in [5.74, 6) is -1.79. The zero-order valence-corrected chi connectivity index (χ0v) is 13.0. The second kappa shape index (κ2) is 6.72. The van der Waals surface area contributed by atoms with E-state index in [0.717, 1.165) is 0 Å². The molecule has 0 aliphatic carbocycles. The summed E-state index contributed by atoms with van der Waals surface area (Å²) < 4.78 is 40.3. The van der Waals surface area contributed by atoms with Gasteiger partial charge in [-0.25, -0.2) is 17.5 Å². The molecule has 0 bridgehead atoms. The maximum atomic E-state index is 13.9. The van der Waals surface area contributed by atoms with Gasteiger partial charge in [0.25, 0.3) is 0 Å². The van der Waals surface area contributed by atoms with Gasteiger partial charge in [-0.3, -0.25) is 9.69 Å². The zero-order chi connectivity index (χ0) is 16.3. The number of sulfonamides is 1. The number of nitrogens with one attached hydrogen (secondary N) is 1. The fraction of sp³-hybridized carbons (Fsp3) is 0.500. The molecule has 0 aromatic heterocycles. The van der Waals surface area contributed by atoms with Crippen LogP contribution in [0.15, 0.2) is 24.3 Å². The summed E-state index contributed by atoms with van der Waals surface area (Å²) in [4.78, 5) is 13.0. The third kappa shape index (κ3) is 3.45. The topological polar surface area (TPSA) is 86.7 Å². The van der Waals surface area contributed by atoms with Crippen LogP contribution in [0.1, 0.15) is 24.9 Å². The lowest BCUT2D eigenvalue weighted by Gasteiger charge is -2.24. The van der Waals surface area contributed by atoms with Crippen LogP contribution in [-0.2, 0) is 14.8 Å². The number of hydrogen-bond acceptors (Lipinski definition) is 4. The van der Waals surface area contributed by atoms with Crippen LogP contribution >= 0.6 is 0 Å². The lowest BCUT2D eigenvalue weighted by Crippen LogP contribution is -2.38. The predicted molar refractivity (Wildman–Crippen MR) is 79.4 cm³/mol. The van der Waals surface area contributed by atoms with Crippen LogP contribution in [0, 0.1) is 5.82 Å². The van der Waals surface area contributed by atoms with Crippen molar-refractivity contribution in [2.75, 3.05) is 19.6 Å². The first kappa shape index (κ1) is 16.9. The Kier molecular flexibility index (Phi) is 5.15. The van der Waals surface area contributed by atoms with E-state index in [1.165, 1.54) is 23.1 Å². The number of aliphatic carboxylic acids is 1. The number of carboxylic acids is 1. The Morgan fingerprint density at radius 2 is 2.18 bits per heavy atom. The summed E-state index contributed by atoms with van der Waals surface area (Å²) in [6.45, 7) is 2.33. The molecule has 8 heteroatoms. The number of rotatable bonds is 6. The van der Waals surface area contributed by atoms with Crippen LogP contribution in [-0.4, -0.2) is 49.3 Å². The summed E-state index contributed by atoms with van der Waals surface area (Å²) in [6, 6.07) is 4.49. The second-order valence-electron chi connectivity index (χ2n) is 5.21. The molecular formula is C14H19FN2O4S. The van der Waals surface area contributed by atoms with Crippen LogP contribution in [0.5, 0.6) is 0 Å². The van der Waals surface area contributed by atoms with Gasteiger partial charge >= 0.3 is 5.97 Å². The molecule has 0 amide bonds. The number of nitrogens with zero attached hydrogens (tertiary/aromatic N) is 1. The van der Waals surface area contributed by atoms with E-state index in [1.807, 2.05) is 0 Å². The molecule has 1 aromatic rings. The van der Waals surface area contributed by atoms with Crippen LogP contribution in [0.25, 0.3) is 0 Å². The predicted octanol–water partition coefficient (Wildman–Crippen LogP) is 0.965. The van der Waals surface area contributed by atoms with Gasteiger partial charge in [0, 0.05) is 25.2 Å². The first-order valence-corrected chi connectivity index (χ1v) is 8.61.